The van der Waals surface area contributed by atoms with Crippen LogP contribution in [0.2, 0.25) is 0 Å². The molecule has 1 aromatic carbocycles. The summed E-state index contributed by atoms with van der Waals surface area (Å²) in [5.74, 6) is 1.90. The van der Waals surface area contributed by atoms with E-state index in [0.29, 0.717) is 17.4 Å². The van der Waals surface area contributed by atoms with Crippen molar-refractivity contribution in [3.63, 3.8) is 0 Å². The van der Waals surface area contributed by atoms with Crippen molar-refractivity contribution in [1.82, 2.24) is 4.98 Å². The van der Waals surface area contributed by atoms with Crippen molar-refractivity contribution in [2.45, 2.75) is 6.92 Å². The third-order valence-corrected chi connectivity index (χ3v) is 3.14. The lowest BCUT2D eigenvalue weighted by Gasteiger charge is -2.09. The van der Waals surface area contributed by atoms with Crippen LogP contribution < -0.4 is 9.47 Å². The van der Waals surface area contributed by atoms with E-state index in [1.54, 1.807) is 13.3 Å². The van der Waals surface area contributed by atoms with Crippen molar-refractivity contribution in [3.8, 4) is 17.4 Å². The summed E-state index contributed by atoms with van der Waals surface area (Å²) in [5, 5.41) is 0. The fraction of sp³-hybridized carbons (Fsp3) is 0.154. The number of ether oxygens (including phenoxy) is 2. The van der Waals surface area contributed by atoms with E-state index in [0.717, 1.165) is 10.0 Å². The molecular weight excluding hydrogens is 282 g/mol. The third-order valence-electron chi connectivity index (χ3n) is 2.31. The number of hydrogen-bond donors (Lipinski definition) is 0. The number of aryl methyl sites for hydroxylation is 1. The first-order valence-corrected chi connectivity index (χ1v) is 5.93. The standard InChI is InChI=1S/C13H12BrNO2/c1-9-7-13(15-8-10(9)14)17-12-6-4-3-5-11(12)16-2/h3-8H,1-2H3. The van der Waals surface area contributed by atoms with Gasteiger partial charge in [0.25, 0.3) is 0 Å². The molecule has 3 nitrogen and oxygen atoms in total. The molecule has 4 heteroatoms. The second-order valence-electron chi connectivity index (χ2n) is 3.52. The number of hydrogen-bond acceptors (Lipinski definition) is 3. The minimum atomic E-state index is 0.551. The normalized spacial score (nSPS) is 10.1. The molecule has 1 heterocycles. The van der Waals surface area contributed by atoms with Gasteiger partial charge in [-0.3, -0.25) is 0 Å². The Morgan fingerprint density at radius 2 is 1.88 bits per heavy atom. The van der Waals surface area contributed by atoms with Gasteiger partial charge < -0.3 is 9.47 Å². The Kier molecular flexibility index (Phi) is 3.64. The fourth-order valence-electron chi connectivity index (χ4n) is 1.39. The SMILES string of the molecule is COc1ccccc1Oc1cc(C)c(Br)cn1. The maximum absolute atomic E-state index is 5.68. The van der Waals surface area contributed by atoms with Gasteiger partial charge in [-0.25, -0.2) is 4.98 Å². The number of nitrogens with zero attached hydrogens (tertiary/aromatic N) is 1. The van der Waals surface area contributed by atoms with Crippen LogP contribution in [-0.4, -0.2) is 12.1 Å². The maximum atomic E-state index is 5.68. The first kappa shape index (κ1) is 11.9. The van der Waals surface area contributed by atoms with Gasteiger partial charge >= 0.3 is 0 Å². The van der Waals surface area contributed by atoms with E-state index in [4.69, 9.17) is 9.47 Å². The van der Waals surface area contributed by atoms with Crippen molar-refractivity contribution in [2.75, 3.05) is 7.11 Å². The van der Waals surface area contributed by atoms with Crippen LogP contribution in [-0.2, 0) is 0 Å². The van der Waals surface area contributed by atoms with Crippen molar-refractivity contribution in [2.24, 2.45) is 0 Å². The van der Waals surface area contributed by atoms with Crippen LogP contribution in [0.4, 0.5) is 0 Å². The Balaban J connectivity index is 2.28. The zero-order chi connectivity index (χ0) is 12.3. The highest BCUT2D eigenvalue weighted by molar-refractivity contribution is 9.10. The van der Waals surface area contributed by atoms with E-state index in [1.807, 2.05) is 37.3 Å². The molecular formula is C13H12BrNO2. The van der Waals surface area contributed by atoms with Gasteiger partial charge in [-0.2, -0.15) is 0 Å². The van der Waals surface area contributed by atoms with Crippen molar-refractivity contribution in [3.05, 3.63) is 46.6 Å². The van der Waals surface area contributed by atoms with Crippen LogP contribution in [0.1, 0.15) is 5.56 Å². The summed E-state index contributed by atoms with van der Waals surface area (Å²) < 4.78 is 11.9. The molecule has 1 aromatic heterocycles. The van der Waals surface area contributed by atoms with Gasteiger partial charge in [0.2, 0.25) is 5.88 Å². The molecule has 2 aromatic rings. The van der Waals surface area contributed by atoms with Gasteiger partial charge in [-0.1, -0.05) is 12.1 Å². The second kappa shape index (κ2) is 5.19. The molecule has 0 saturated carbocycles. The number of aromatic nitrogens is 1. The Hall–Kier alpha value is -1.55. The molecule has 0 spiro atoms. The number of para-hydroxylation sites is 2. The van der Waals surface area contributed by atoms with Gasteiger partial charge in [-0.15, -0.1) is 0 Å². The van der Waals surface area contributed by atoms with E-state index in [9.17, 15) is 0 Å². The van der Waals surface area contributed by atoms with Crippen LogP contribution in [0.25, 0.3) is 0 Å². The summed E-state index contributed by atoms with van der Waals surface area (Å²) in [6.07, 6.45) is 1.72. The van der Waals surface area contributed by atoms with Crippen molar-refractivity contribution >= 4 is 15.9 Å². The van der Waals surface area contributed by atoms with Gasteiger partial charge in [0.15, 0.2) is 11.5 Å². The second-order valence-corrected chi connectivity index (χ2v) is 4.38. The predicted octanol–water partition coefficient (Wildman–Crippen LogP) is 3.95. The zero-order valence-electron chi connectivity index (χ0n) is 9.61. The van der Waals surface area contributed by atoms with Crippen LogP contribution in [0.15, 0.2) is 41.0 Å². The highest BCUT2D eigenvalue weighted by Gasteiger charge is 2.06. The summed E-state index contributed by atoms with van der Waals surface area (Å²) in [5.41, 5.74) is 1.07. The molecule has 0 N–H and O–H groups in total. The topological polar surface area (TPSA) is 31.4 Å². The van der Waals surface area contributed by atoms with Gasteiger partial charge in [-0.05, 0) is 40.5 Å². The summed E-state index contributed by atoms with van der Waals surface area (Å²) in [7, 11) is 1.61. The largest absolute Gasteiger partial charge is 0.493 e. The zero-order valence-corrected chi connectivity index (χ0v) is 11.2. The lowest BCUT2D eigenvalue weighted by atomic mass is 10.3. The highest BCUT2D eigenvalue weighted by atomic mass is 79.9. The molecule has 0 aliphatic heterocycles. The minimum absolute atomic E-state index is 0.551. The van der Waals surface area contributed by atoms with E-state index in [2.05, 4.69) is 20.9 Å². The summed E-state index contributed by atoms with van der Waals surface area (Å²) in [6, 6.07) is 9.35. The van der Waals surface area contributed by atoms with Crippen LogP contribution >= 0.6 is 15.9 Å². The smallest absolute Gasteiger partial charge is 0.219 e. The Bertz CT molecular complexity index is 529. The average molecular weight is 294 g/mol. The van der Waals surface area contributed by atoms with Gasteiger partial charge in [0, 0.05) is 16.7 Å². The quantitative estimate of drug-likeness (QED) is 0.858. The molecule has 0 aliphatic carbocycles. The first-order valence-electron chi connectivity index (χ1n) is 5.13. The molecule has 0 radical (unpaired) electrons. The molecule has 17 heavy (non-hydrogen) atoms. The molecule has 0 bridgehead atoms. The van der Waals surface area contributed by atoms with E-state index in [1.165, 1.54) is 0 Å². The molecule has 0 atom stereocenters. The molecule has 88 valence electrons. The summed E-state index contributed by atoms with van der Waals surface area (Å²) in [6.45, 7) is 1.99. The molecule has 0 amide bonds. The number of benzene rings is 1. The summed E-state index contributed by atoms with van der Waals surface area (Å²) >= 11 is 3.40. The lowest BCUT2D eigenvalue weighted by Crippen LogP contribution is -1.92. The average Bonchev–Trinajstić information content (AvgIpc) is 2.34. The number of pyridine rings is 1. The number of rotatable bonds is 3. The minimum Gasteiger partial charge on any atom is -0.493 e. The van der Waals surface area contributed by atoms with E-state index < -0.39 is 0 Å². The molecule has 0 saturated heterocycles. The van der Waals surface area contributed by atoms with E-state index in [-0.39, 0.29) is 0 Å². The van der Waals surface area contributed by atoms with Crippen LogP contribution in [0, 0.1) is 6.92 Å². The van der Waals surface area contributed by atoms with E-state index >= 15 is 0 Å². The number of methoxy groups -OCH3 is 1. The molecule has 0 aliphatic rings. The van der Waals surface area contributed by atoms with Crippen LogP contribution in [0.5, 0.6) is 17.4 Å². The van der Waals surface area contributed by atoms with Crippen molar-refractivity contribution < 1.29 is 9.47 Å². The predicted molar refractivity (Wildman–Crippen MR) is 69.7 cm³/mol. The van der Waals surface area contributed by atoms with Crippen LogP contribution in [0.3, 0.4) is 0 Å². The third kappa shape index (κ3) is 2.77. The first-order chi connectivity index (χ1) is 8.20. The Morgan fingerprint density at radius 3 is 2.53 bits per heavy atom. The molecule has 2 rings (SSSR count). The number of halogens is 1. The molecule has 0 fully saturated rings. The fourth-order valence-corrected chi connectivity index (χ4v) is 1.60. The highest BCUT2D eigenvalue weighted by Crippen LogP contribution is 2.30. The Labute approximate surface area is 109 Å². The molecule has 0 unspecified atom stereocenters. The summed E-state index contributed by atoms with van der Waals surface area (Å²) in [4.78, 5) is 4.19. The monoisotopic (exact) mass is 293 g/mol. The van der Waals surface area contributed by atoms with Gasteiger partial charge in [0.05, 0.1) is 7.11 Å². The maximum Gasteiger partial charge on any atom is 0.219 e. The Morgan fingerprint density at radius 1 is 1.18 bits per heavy atom. The van der Waals surface area contributed by atoms with Crippen molar-refractivity contribution in [1.29, 1.82) is 0 Å². The lowest BCUT2D eigenvalue weighted by molar-refractivity contribution is 0.374. The van der Waals surface area contributed by atoms with Gasteiger partial charge in [0.1, 0.15) is 0 Å².